The number of nitrogens with one attached hydrogen (secondary N) is 2. The summed E-state index contributed by atoms with van der Waals surface area (Å²) < 4.78 is 0. The molecule has 1 unspecified atom stereocenters. The number of aromatic nitrogens is 1. The van der Waals surface area contributed by atoms with Gasteiger partial charge in [-0.05, 0) is 43.4 Å². The zero-order valence-corrected chi connectivity index (χ0v) is 20.0. The summed E-state index contributed by atoms with van der Waals surface area (Å²) in [6.45, 7) is 1.92. The van der Waals surface area contributed by atoms with Crippen LogP contribution in [0.4, 0.5) is 16.5 Å². The number of non-ortho nitro benzene ring substituents is 1. The van der Waals surface area contributed by atoms with Crippen molar-refractivity contribution in [3.8, 4) is 10.4 Å². The molecule has 0 radical (unpaired) electrons. The lowest BCUT2D eigenvalue weighted by atomic mass is 9.89. The van der Waals surface area contributed by atoms with Crippen LogP contribution in [0.5, 0.6) is 0 Å². The summed E-state index contributed by atoms with van der Waals surface area (Å²) in [5.74, 6) is 0. The van der Waals surface area contributed by atoms with Gasteiger partial charge in [-0.25, -0.2) is 4.98 Å². The minimum atomic E-state index is -0.341. The first-order valence-corrected chi connectivity index (χ1v) is 13.0. The first-order chi connectivity index (χ1) is 16.7. The average molecular weight is 478 g/mol. The van der Waals surface area contributed by atoms with Crippen LogP contribution >= 0.6 is 11.3 Å². The van der Waals surface area contributed by atoms with Gasteiger partial charge in [0.25, 0.3) is 5.69 Å². The minimum absolute atomic E-state index is 0.143. The van der Waals surface area contributed by atoms with Crippen molar-refractivity contribution < 1.29 is 4.92 Å². The van der Waals surface area contributed by atoms with Gasteiger partial charge in [-0.1, -0.05) is 54.5 Å². The molecule has 2 N–H and O–H groups in total. The zero-order chi connectivity index (χ0) is 23.3. The quantitative estimate of drug-likeness (QED) is 0.335. The molecule has 0 spiro atoms. The Kier molecular flexibility index (Phi) is 7.06. The molecule has 1 aromatic heterocycles. The molecule has 0 bridgehead atoms. The predicted molar refractivity (Wildman–Crippen MR) is 139 cm³/mol. The maximum Gasteiger partial charge on any atom is 0.269 e. The molecule has 1 saturated carbocycles. The van der Waals surface area contributed by atoms with Crippen LogP contribution in [0, 0.1) is 10.1 Å². The molecule has 178 valence electrons. The summed E-state index contributed by atoms with van der Waals surface area (Å²) in [7, 11) is 0. The Labute approximate surface area is 204 Å². The van der Waals surface area contributed by atoms with E-state index in [9.17, 15) is 10.1 Å². The number of piperidine rings is 1. The summed E-state index contributed by atoms with van der Waals surface area (Å²) in [6, 6.07) is 18.6. The molecule has 1 aliphatic carbocycles. The third-order valence-electron chi connectivity index (χ3n) is 6.94. The van der Waals surface area contributed by atoms with Gasteiger partial charge in [0.2, 0.25) is 0 Å². The van der Waals surface area contributed by atoms with E-state index in [2.05, 4.69) is 44.8 Å². The van der Waals surface area contributed by atoms with Crippen molar-refractivity contribution >= 4 is 27.8 Å². The lowest BCUT2D eigenvalue weighted by molar-refractivity contribution is -0.384. The van der Waals surface area contributed by atoms with Crippen LogP contribution in [0.3, 0.4) is 0 Å². The van der Waals surface area contributed by atoms with Gasteiger partial charge < -0.3 is 15.5 Å². The van der Waals surface area contributed by atoms with Gasteiger partial charge in [0.05, 0.1) is 9.80 Å². The van der Waals surface area contributed by atoms with Crippen LogP contribution in [-0.2, 0) is 0 Å². The number of nitro groups is 1. The minimum Gasteiger partial charge on any atom is -0.370 e. The van der Waals surface area contributed by atoms with E-state index in [0.29, 0.717) is 18.1 Å². The highest BCUT2D eigenvalue weighted by Gasteiger charge is 2.30. The molecule has 7 nitrogen and oxygen atoms in total. The first kappa shape index (κ1) is 22.8. The van der Waals surface area contributed by atoms with E-state index in [1.807, 2.05) is 24.4 Å². The SMILES string of the molecule is O=[N+]([O-])c1ccc(N2CCCC(N[C@@H]3CCCC[C@H]3Nc3ncc(-c4ccccc4)s3)C2)cc1. The highest BCUT2D eigenvalue weighted by molar-refractivity contribution is 7.18. The van der Waals surface area contributed by atoms with E-state index in [-0.39, 0.29) is 10.6 Å². The van der Waals surface area contributed by atoms with Crippen LogP contribution in [0.1, 0.15) is 38.5 Å². The van der Waals surface area contributed by atoms with Crippen LogP contribution in [0.15, 0.2) is 60.8 Å². The molecule has 5 rings (SSSR count). The third kappa shape index (κ3) is 5.39. The number of anilines is 2. The number of thiazole rings is 1. The Morgan fingerprint density at radius 1 is 0.971 bits per heavy atom. The van der Waals surface area contributed by atoms with Gasteiger partial charge in [-0.3, -0.25) is 10.1 Å². The number of nitrogens with zero attached hydrogens (tertiary/aromatic N) is 3. The molecular formula is C26H31N5O2S. The molecule has 1 saturated heterocycles. The highest BCUT2D eigenvalue weighted by atomic mass is 32.1. The Morgan fingerprint density at radius 2 is 1.74 bits per heavy atom. The Bertz CT molecular complexity index is 1090. The summed E-state index contributed by atoms with van der Waals surface area (Å²) in [6.07, 6.45) is 9.05. The summed E-state index contributed by atoms with van der Waals surface area (Å²) >= 11 is 1.72. The van der Waals surface area contributed by atoms with E-state index in [1.54, 1.807) is 23.5 Å². The maximum absolute atomic E-state index is 11.0. The summed E-state index contributed by atoms with van der Waals surface area (Å²) in [5.41, 5.74) is 2.41. The number of benzene rings is 2. The van der Waals surface area contributed by atoms with Gasteiger partial charge >= 0.3 is 0 Å². The van der Waals surface area contributed by atoms with E-state index >= 15 is 0 Å². The fraction of sp³-hybridized carbons (Fsp3) is 0.423. The second-order valence-corrected chi connectivity index (χ2v) is 10.3. The first-order valence-electron chi connectivity index (χ1n) is 12.2. The predicted octanol–water partition coefficient (Wildman–Crippen LogP) is 5.70. The van der Waals surface area contributed by atoms with Crippen molar-refractivity contribution in [2.24, 2.45) is 0 Å². The van der Waals surface area contributed by atoms with Gasteiger partial charge in [-0.15, -0.1) is 0 Å². The monoisotopic (exact) mass is 477 g/mol. The van der Waals surface area contributed by atoms with Crippen LogP contribution in [0.2, 0.25) is 0 Å². The molecular weight excluding hydrogens is 446 g/mol. The average Bonchev–Trinajstić information content (AvgIpc) is 3.35. The molecule has 0 amide bonds. The molecule has 8 heteroatoms. The maximum atomic E-state index is 11.0. The molecule has 1 aliphatic heterocycles. The Balaban J connectivity index is 1.21. The van der Waals surface area contributed by atoms with E-state index < -0.39 is 0 Å². The van der Waals surface area contributed by atoms with Crippen LogP contribution in [-0.4, -0.2) is 41.1 Å². The van der Waals surface area contributed by atoms with Crippen LogP contribution < -0.4 is 15.5 Å². The summed E-state index contributed by atoms with van der Waals surface area (Å²) in [4.78, 5) is 18.8. The zero-order valence-electron chi connectivity index (χ0n) is 19.2. The van der Waals surface area contributed by atoms with Gasteiger partial charge in [0.15, 0.2) is 5.13 Å². The summed E-state index contributed by atoms with van der Waals surface area (Å²) in [5, 5.41) is 19.7. The second-order valence-electron chi connectivity index (χ2n) is 9.26. The van der Waals surface area contributed by atoms with Gasteiger partial charge in [0.1, 0.15) is 0 Å². The molecule has 2 aromatic carbocycles. The number of nitro benzene ring substituents is 1. The fourth-order valence-electron chi connectivity index (χ4n) is 5.17. The van der Waals surface area contributed by atoms with Crippen molar-refractivity contribution in [3.63, 3.8) is 0 Å². The lowest BCUT2D eigenvalue weighted by Crippen LogP contribution is -2.54. The third-order valence-corrected chi connectivity index (χ3v) is 7.91. The molecule has 3 atom stereocenters. The standard InChI is InChI=1S/C26H31N5O2S/c32-31(33)22-14-12-21(13-15-22)30-16-6-9-20(18-30)28-23-10-4-5-11-24(23)29-26-27-17-25(34-26)19-7-2-1-3-8-19/h1-3,7-8,12-15,17,20,23-24,28H,4-6,9-11,16,18H2,(H,27,29)/t20?,23-,24-/m1/s1. The normalized spacial score (nSPS) is 22.9. The molecule has 2 aliphatic rings. The number of hydrogen-bond acceptors (Lipinski definition) is 7. The van der Waals surface area contributed by atoms with Crippen molar-refractivity contribution in [3.05, 3.63) is 70.9 Å². The number of hydrogen-bond donors (Lipinski definition) is 2. The van der Waals surface area contributed by atoms with Gasteiger partial charge in [-0.2, -0.15) is 0 Å². The molecule has 3 aromatic rings. The topological polar surface area (TPSA) is 83.3 Å². The van der Waals surface area contributed by atoms with E-state index in [0.717, 1.165) is 43.2 Å². The fourth-order valence-corrected chi connectivity index (χ4v) is 6.06. The largest absolute Gasteiger partial charge is 0.370 e. The Morgan fingerprint density at radius 3 is 2.50 bits per heavy atom. The number of rotatable bonds is 7. The van der Waals surface area contributed by atoms with Crippen LogP contribution in [0.25, 0.3) is 10.4 Å². The second kappa shape index (κ2) is 10.5. The molecule has 34 heavy (non-hydrogen) atoms. The van der Waals surface area contributed by atoms with E-state index in [1.165, 1.54) is 29.7 Å². The van der Waals surface area contributed by atoms with Crippen molar-refractivity contribution in [2.45, 2.75) is 56.7 Å². The van der Waals surface area contributed by atoms with Crippen molar-refractivity contribution in [2.75, 3.05) is 23.3 Å². The molecule has 2 fully saturated rings. The van der Waals surface area contributed by atoms with E-state index in [4.69, 9.17) is 0 Å². The smallest absolute Gasteiger partial charge is 0.269 e. The lowest BCUT2D eigenvalue weighted by Gasteiger charge is -2.40. The van der Waals surface area contributed by atoms with Crippen molar-refractivity contribution in [1.82, 2.24) is 10.3 Å². The van der Waals surface area contributed by atoms with Crippen molar-refractivity contribution in [1.29, 1.82) is 0 Å². The Hall–Kier alpha value is -2.97. The van der Waals surface area contributed by atoms with Gasteiger partial charge in [0, 0.05) is 55.2 Å². The highest BCUT2D eigenvalue weighted by Crippen LogP contribution is 2.31. The molecule has 2 heterocycles.